The molecule has 5 nitrogen and oxygen atoms in total. The van der Waals surface area contributed by atoms with E-state index in [1.165, 1.54) is 0 Å². The molecule has 0 radical (unpaired) electrons. The van der Waals surface area contributed by atoms with E-state index in [1.807, 2.05) is 0 Å². The fourth-order valence-corrected chi connectivity index (χ4v) is 1.93. The minimum atomic E-state index is -3.53. The van der Waals surface area contributed by atoms with Crippen molar-refractivity contribution in [1.29, 1.82) is 0 Å². The third kappa shape index (κ3) is 4.48. The summed E-state index contributed by atoms with van der Waals surface area (Å²) in [5, 5.41) is 0.549. The van der Waals surface area contributed by atoms with Gasteiger partial charge in [-0.3, -0.25) is 4.72 Å². The summed E-state index contributed by atoms with van der Waals surface area (Å²) in [7, 11) is -3.53. The monoisotopic (exact) mass is 249 g/mol. The van der Waals surface area contributed by atoms with Gasteiger partial charge in [0.05, 0.1) is 0 Å². The van der Waals surface area contributed by atoms with Gasteiger partial charge in [-0.25, -0.2) is 0 Å². The summed E-state index contributed by atoms with van der Waals surface area (Å²) in [5.41, 5.74) is 5.62. The highest BCUT2D eigenvalue weighted by atomic mass is 35.5. The molecule has 15 heavy (non-hydrogen) atoms. The summed E-state index contributed by atoms with van der Waals surface area (Å²) in [6, 6.07) is 6.35. The molecule has 0 heterocycles. The Bertz CT molecular complexity index is 404. The number of hydrogen-bond acceptors (Lipinski definition) is 3. The highest BCUT2D eigenvalue weighted by Gasteiger charge is 2.07. The van der Waals surface area contributed by atoms with Crippen LogP contribution >= 0.6 is 11.6 Å². The number of halogens is 1. The Balaban J connectivity index is 2.65. The van der Waals surface area contributed by atoms with E-state index in [-0.39, 0.29) is 13.1 Å². The number of hydrogen-bond donors (Lipinski definition) is 3. The Labute approximate surface area is 93.8 Å². The molecule has 0 unspecified atom stereocenters. The quantitative estimate of drug-likeness (QED) is 0.712. The maximum absolute atomic E-state index is 11.3. The molecular weight excluding hydrogens is 238 g/mol. The van der Waals surface area contributed by atoms with E-state index in [2.05, 4.69) is 9.44 Å². The zero-order valence-corrected chi connectivity index (χ0v) is 9.48. The molecule has 4 N–H and O–H groups in total. The first kappa shape index (κ1) is 12.3. The number of nitrogens with two attached hydrogens (primary N) is 1. The molecule has 0 amide bonds. The van der Waals surface area contributed by atoms with E-state index in [4.69, 9.17) is 17.3 Å². The third-order valence-corrected chi connectivity index (χ3v) is 2.87. The van der Waals surface area contributed by atoms with E-state index in [9.17, 15) is 8.42 Å². The van der Waals surface area contributed by atoms with Crippen LogP contribution < -0.4 is 15.2 Å². The van der Waals surface area contributed by atoms with Crippen molar-refractivity contribution in [3.8, 4) is 0 Å². The molecule has 0 aliphatic rings. The maximum Gasteiger partial charge on any atom is 0.299 e. The molecule has 0 aromatic heterocycles. The number of benzene rings is 1. The zero-order valence-electron chi connectivity index (χ0n) is 7.90. The number of nitrogens with one attached hydrogen (secondary N) is 2. The molecule has 84 valence electrons. The van der Waals surface area contributed by atoms with Crippen molar-refractivity contribution in [1.82, 2.24) is 4.72 Å². The Morgan fingerprint density at radius 2 is 1.87 bits per heavy atom. The highest BCUT2D eigenvalue weighted by molar-refractivity contribution is 7.90. The molecule has 0 aliphatic carbocycles. The van der Waals surface area contributed by atoms with E-state index in [0.29, 0.717) is 10.7 Å². The van der Waals surface area contributed by atoms with Gasteiger partial charge < -0.3 is 5.73 Å². The summed E-state index contributed by atoms with van der Waals surface area (Å²) >= 11 is 5.66. The zero-order chi connectivity index (χ0) is 11.3. The van der Waals surface area contributed by atoms with Crippen LogP contribution in [0.2, 0.25) is 5.02 Å². The van der Waals surface area contributed by atoms with Crippen LogP contribution in [-0.2, 0) is 10.2 Å². The van der Waals surface area contributed by atoms with Gasteiger partial charge in [-0.2, -0.15) is 13.1 Å². The highest BCUT2D eigenvalue weighted by Crippen LogP contribution is 2.13. The van der Waals surface area contributed by atoms with Gasteiger partial charge in [0.1, 0.15) is 0 Å². The predicted octanol–water partition coefficient (Wildman–Crippen LogP) is 0.545. The fourth-order valence-electron chi connectivity index (χ4n) is 0.902. The molecule has 1 rings (SSSR count). The van der Waals surface area contributed by atoms with Crippen molar-refractivity contribution in [3.05, 3.63) is 29.3 Å². The van der Waals surface area contributed by atoms with Crippen molar-refractivity contribution in [2.24, 2.45) is 5.73 Å². The van der Waals surface area contributed by atoms with E-state index in [0.717, 1.165) is 0 Å². The van der Waals surface area contributed by atoms with Gasteiger partial charge >= 0.3 is 0 Å². The lowest BCUT2D eigenvalue weighted by atomic mass is 10.3. The lowest BCUT2D eigenvalue weighted by Crippen LogP contribution is -2.33. The second kappa shape index (κ2) is 5.32. The van der Waals surface area contributed by atoms with Crippen LogP contribution in [0.25, 0.3) is 0 Å². The predicted molar refractivity (Wildman–Crippen MR) is 61.1 cm³/mol. The molecule has 0 spiro atoms. The molecule has 0 saturated carbocycles. The second-order valence-electron chi connectivity index (χ2n) is 2.80. The minimum Gasteiger partial charge on any atom is -0.329 e. The molecule has 1 aromatic carbocycles. The molecular formula is C8H12ClN3O2S. The van der Waals surface area contributed by atoms with E-state index >= 15 is 0 Å². The average Bonchev–Trinajstić information content (AvgIpc) is 2.18. The Kier molecular flexibility index (Phi) is 4.34. The minimum absolute atomic E-state index is 0.197. The maximum atomic E-state index is 11.3. The van der Waals surface area contributed by atoms with Crippen molar-refractivity contribution < 1.29 is 8.42 Å². The van der Waals surface area contributed by atoms with Crippen molar-refractivity contribution >= 4 is 27.5 Å². The lowest BCUT2D eigenvalue weighted by Gasteiger charge is -2.08. The van der Waals surface area contributed by atoms with Crippen LogP contribution in [0.5, 0.6) is 0 Å². The van der Waals surface area contributed by atoms with Crippen LogP contribution in [0.15, 0.2) is 24.3 Å². The molecule has 0 saturated heterocycles. The molecule has 7 heteroatoms. The number of anilines is 1. The van der Waals surface area contributed by atoms with E-state index < -0.39 is 10.2 Å². The SMILES string of the molecule is NCCNS(=O)(=O)Nc1ccc(Cl)cc1. The van der Waals surface area contributed by atoms with Gasteiger partial charge in [0, 0.05) is 23.8 Å². The normalized spacial score (nSPS) is 11.3. The van der Waals surface area contributed by atoms with Crippen LogP contribution in [0.3, 0.4) is 0 Å². The van der Waals surface area contributed by atoms with Gasteiger partial charge in [0.2, 0.25) is 0 Å². The van der Waals surface area contributed by atoms with Crippen molar-refractivity contribution in [3.63, 3.8) is 0 Å². The van der Waals surface area contributed by atoms with Gasteiger partial charge in [-0.1, -0.05) is 11.6 Å². The van der Waals surface area contributed by atoms with Gasteiger partial charge in [-0.05, 0) is 24.3 Å². The van der Waals surface area contributed by atoms with Crippen molar-refractivity contribution in [2.75, 3.05) is 17.8 Å². The Morgan fingerprint density at radius 3 is 2.40 bits per heavy atom. The van der Waals surface area contributed by atoms with Gasteiger partial charge in [0.25, 0.3) is 10.2 Å². The van der Waals surface area contributed by atoms with Crippen LogP contribution in [-0.4, -0.2) is 21.5 Å². The Morgan fingerprint density at radius 1 is 1.27 bits per heavy atom. The molecule has 0 bridgehead atoms. The Hall–Kier alpha value is -0.820. The smallest absolute Gasteiger partial charge is 0.299 e. The van der Waals surface area contributed by atoms with Crippen LogP contribution in [0.1, 0.15) is 0 Å². The van der Waals surface area contributed by atoms with Crippen LogP contribution in [0.4, 0.5) is 5.69 Å². The summed E-state index contributed by atoms with van der Waals surface area (Å²) < 4.78 is 27.3. The first-order chi connectivity index (χ1) is 7.03. The summed E-state index contributed by atoms with van der Waals surface area (Å²) in [4.78, 5) is 0. The third-order valence-electron chi connectivity index (χ3n) is 1.53. The van der Waals surface area contributed by atoms with Gasteiger partial charge in [0.15, 0.2) is 0 Å². The molecule has 1 aromatic rings. The fraction of sp³-hybridized carbons (Fsp3) is 0.250. The standard InChI is InChI=1S/C8H12ClN3O2S/c9-7-1-3-8(4-2-7)12-15(13,14)11-6-5-10/h1-4,11-12H,5-6,10H2. The van der Waals surface area contributed by atoms with Crippen molar-refractivity contribution in [2.45, 2.75) is 0 Å². The second-order valence-corrected chi connectivity index (χ2v) is 4.73. The molecule has 0 atom stereocenters. The summed E-state index contributed by atoms with van der Waals surface area (Å²) in [5.74, 6) is 0. The van der Waals surface area contributed by atoms with Gasteiger partial charge in [-0.15, -0.1) is 0 Å². The molecule has 0 fully saturated rings. The number of rotatable bonds is 5. The topological polar surface area (TPSA) is 84.2 Å². The largest absolute Gasteiger partial charge is 0.329 e. The average molecular weight is 250 g/mol. The van der Waals surface area contributed by atoms with E-state index in [1.54, 1.807) is 24.3 Å². The first-order valence-electron chi connectivity index (χ1n) is 4.26. The summed E-state index contributed by atoms with van der Waals surface area (Å²) in [6.07, 6.45) is 0. The first-order valence-corrected chi connectivity index (χ1v) is 6.12. The molecule has 0 aliphatic heterocycles. The summed E-state index contributed by atoms with van der Waals surface area (Å²) in [6.45, 7) is 0.449. The van der Waals surface area contributed by atoms with Crippen LogP contribution in [0, 0.1) is 0 Å². The lowest BCUT2D eigenvalue weighted by molar-refractivity contribution is 0.587.